The van der Waals surface area contributed by atoms with Crippen molar-refractivity contribution in [1.29, 1.82) is 0 Å². The molecule has 0 unspecified atom stereocenters. The van der Waals surface area contributed by atoms with E-state index >= 15 is 0 Å². The van der Waals surface area contributed by atoms with Crippen molar-refractivity contribution in [3.63, 3.8) is 0 Å². The van der Waals surface area contributed by atoms with Crippen LogP contribution >= 0.6 is 0 Å². The summed E-state index contributed by atoms with van der Waals surface area (Å²) in [4.78, 5) is 23.5. The average Bonchev–Trinajstić information content (AvgIpc) is 2.85. The van der Waals surface area contributed by atoms with Crippen LogP contribution in [-0.2, 0) is 4.74 Å². The normalized spacial score (nSPS) is 10.0. The van der Waals surface area contributed by atoms with Crippen LogP contribution in [0.2, 0.25) is 0 Å². The Bertz CT molecular complexity index is 619. The highest BCUT2D eigenvalue weighted by Gasteiger charge is 2.17. The lowest BCUT2D eigenvalue weighted by molar-refractivity contribution is 0.0602. The van der Waals surface area contributed by atoms with E-state index in [0.717, 1.165) is 0 Å². The van der Waals surface area contributed by atoms with E-state index in [0.29, 0.717) is 11.3 Å². The van der Waals surface area contributed by atoms with Gasteiger partial charge in [0.25, 0.3) is 5.91 Å². The van der Waals surface area contributed by atoms with Gasteiger partial charge in [0.1, 0.15) is 6.26 Å². The second kappa shape index (κ2) is 5.34. The van der Waals surface area contributed by atoms with E-state index in [-0.39, 0.29) is 11.3 Å². The van der Waals surface area contributed by atoms with Crippen molar-refractivity contribution in [2.45, 2.75) is 6.92 Å². The number of para-hydroxylation sites is 1. The molecule has 0 spiro atoms. The number of nitrogens with one attached hydrogen (secondary N) is 1. The minimum Gasteiger partial charge on any atom is -0.465 e. The van der Waals surface area contributed by atoms with Crippen LogP contribution in [0.4, 0.5) is 5.69 Å². The summed E-state index contributed by atoms with van der Waals surface area (Å²) in [6.45, 7) is 1.71. The predicted octanol–water partition coefficient (Wildman–Crippen LogP) is 2.02. The molecule has 0 saturated heterocycles. The number of esters is 1. The third-order valence-corrected chi connectivity index (χ3v) is 2.54. The van der Waals surface area contributed by atoms with Crippen LogP contribution < -0.4 is 5.32 Å². The number of rotatable bonds is 3. The molecule has 1 N–H and O–H groups in total. The van der Waals surface area contributed by atoms with Gasteiger partial charge in [0.2, 0.25) is 0 Å². The largest absolute Gasteiger partial charge is 0.465 e. The number of ether oxygens (including phenoxy) is 1. The topological polar surface area (TPSA) is 81.4 Å². The maximum atomic E-state index is 12.0. The number of anilines is 1. The lowest BCUT2D eigenvalue weighted by Gasteiger charge is -2.08. The van der Waals surface area contributed by atoms with Gasteiger partial charge in [0.05, 0.1) is 18.4 Å². The van der Waals surface area contributed by atoms with Gasteiger partial charge in [-0.2, -0.15) is 0 Å². The Morgan fingerprint density at radius 3 is 2.68 bits per heavy atom. The Balaban J connectivity index is 2.27. The van der Waals surface area contributed by atoms with Gasteiger partial charge in [-0.3, -0.25) is 4.79 Å². The number of carbonyl (C=O) groups excluding carboxylic acids is 2. The van der Waals surface area contributed by atoms with Gasteiger partial charge in [0.15, 0.2) is 5.69 Å². The van der Waals surface area contributed by atoms with Crippen molar-refractivity contribution < 1.29 is 18.8 Å². The molecule has 0 aliphatic heterocycles. The molecule has 6 nitrogen and oxygen atoms in total. The van der Waals surface area contributed by atoms with Crippen LogP contribution in [0.1, 0.15) is 26.4 Å². The fourth-order valence-corrected chi connectivity index (χ4v) is 1.57. The maximum absolute atomic E-state index is 12.0. The number of aromatic nitrogens is 1. The van der Waals surface area contributed by atoms with Crippen molar-refractivity contribution in [3.05, 3.63) is 47.3 Å². The lowest BCUT2D eigenvalue weighted by Crippen LogP contribution is -2.16. The summed E-state index contributed by atoms with van der Waals surface area (Å²) < 4.78 is 9.35. The smallest absolute Gasteiger partial charge is 0.339 e. The molecular formula is C13H12N2O4. The molecule has 0 radical (unpaired) electrons. The Morgan fingerprint density at radius 1 is 1.32 bits per heavy atom. The first-order valence-electron chi connectivity index (χ1n) is 5.53. The number of amides is 1. The lowest BCUT2D eigenvalue weighted by atomic mass is 10.1. The Kier molecular flexibility index (Phi) is 3.61. The molecule has 6 heteroatoms. The zero-order valence-electron chi connectivity index (χ0n) is 10.5. The van der Waals surface area contributed by atoms with Gasteiger partial charge in [-0.1, -0.05) is 17.3 Å². The number of hydrogen-bond donors (Lipinski definition) is 1. The summed E-state index contributed by atoms with van der Waals surface area (Å²) >= 11 is 0. The van der Waals surface area contributed by atoms with Crippen LogP contribution in [0, 0.1) is 6.92 Å². The molecule has 2 aromatic rings. The Morgan fingerprint density at radius 2 is 2.05 bits per heavy atom. The number of hydrogen-bond acceptors (Lipinski definition) is 5. The van der Waals surface area contributed by atoms with Gasteiger partial charge in [-0.15, -0.1) is 0 Å². The van der Waals surface area contributed by atoms with E-state index < -0.39 is 11.9 Å². The summed E-state index contributed by atoms with van der Waals surface area (Å²) in [6, 6.07) is 6.57. The third-order valence-electron chi connectivity index (χ3n) is 2.54. The highest BCUT2D eigenvalue weighted by atomic mass is 16.5. The first-order valence-corrected chi connectivity index (χ1v) is 5.53. The summed E-state index contributed by atoms with van der Waals surface area (Å²) in [5.41, 5.74) is 1.44. The van der Waals surface area contributed by atoms with Crippen molar-refractivity contribution in [2.75, 3.05) is 12.4 Å². The van der Waals surface area contributed by atoms with Gasteiger partial charge in [-0.05, 0) is 19.1 Å². The number of aryl methyl sites for hydroxylation is 1. The number of nitrogens with zero attached hydrogens (tertiary/aromatic N) is 1. The fraction of sp³-hybridized carbons (Fsp3) is 0.154. The molecule has 0 saturated carbocycles. The molecule has 1 heterocycles. The zero-order valence-corrected chi connectivity index (χ0v) is 10.5. The number of carbonyl (C=O) groups is 2. The molecule has 0 fully saturated rings. The maximum Gasteiger partial charge on any atom is 0.339 e. The van der Waals surface area contributed by atoms with E-state index in [1.165, 1.54) is 13.4 Å². The third kappa shape index (κ3) is 2.62. The summed E-state index contributed by atoms with van der Waals surface area (Å²) in [6.07, 6.45) is 1.38. The van der Waals surface area contributed by atoms with Crippen molar-refractivity contribution in [1.82, 2.24) is 5.16 Å². The monoisotopic (exact) mass is 260 g/mol. The Labute approximate surface area is 109 Å². The second-order valence-corrected chi connectivity index (χ2v) is 3.84. The fourth-order valence-electron chi connectivity index (χ4n) is 1.57. The van der Waals surface area contributed by atoms with Gasteiger partial charge < -0.3 is 14.6 Å². The van der Waals surface area contributed by atoms with Crippen molar-refractivity contribution in [3.8, 4) is 0 Å². The van der Waals surface area contributed by atoms with Crippen LogP contribution in [-0.4, -0.2) is 24.1 Å². The highest BCUT2D eigenvalue weighted by Crippen LogP contribution is 2.17. The van der Waals surface area contributed by atoms with Crippen LogP contribution in [0.3, 0.4) is 0 Å². The predicted molar refractivity (Wildman–Crippen MR) is 67.0 cm³/mol. The molecule has 0 bridgehead atoms. The van der Waals surface area contributed by atoms with Crippen LogP contribution in [0.5, 0.6) is 0 Å². The molecule has 98 valence electrons. The molecule has 1 amide bonds. The second-order valence-electron chi connectivity index (χ2n) is 3.84. The van der Waals surface area contributed by atoms with Gasteiger partial charge in [0, 0.05) is 5.56 Å². The van der Waals surface area contributed by atoms with E-state index in [9.17, 15) is 9.59 Å². The van der Waals surface area contributed by atoms with Crippen molar-refractivity contribution >= 4 is 17.6 Å². The molecule has 2 rings (SSSR count). The van der Waals surface area contributed by atoms with E-state index in [1.807, 2.05) is 0 Å². The number of methoxy groups -OCH3 is 1. The summed E-state index contributed by atoms with van der Waals surface area (Å²) in [5.74, 6) is -0.963. The minimum atomic E-state index is -0.521. The standard InChI is InChI=1S/C13H12N2O4/c1-8-7-19-15-11(8)12(16)14-10-6-4-3-5-9(10)13(17)18-2/h3-7H,1-2H3,(H,14,16). The quantitative estimate of drug-likeness (QED) is 0.854. The minimum absolute atomic E-state index is 0.180. The Hall–Kier alpha value is -2.63. The molecule has 0 atom stereocenters. The van der Waals surface area contributed by atoms with Crippen LogP contribution in [0.15, 0.2) is 35.1 Å². The molecule has 0 aliphatic carbocycles. The zero-order chi connectivity index (χ0) is 13.8. The molecular weight excluding hydrogens is 248 g/mol. The van der Waals surface area contributed by atoms with Gasteiger partial charge >= 0.3 is 5.97 Å². The first-order chi connectivity index (χ1) is 9.13. The molecule has 19 heavy (non-hydrogen) atoms. The summed E-state index contributed by atoms with van der Waals surface area (Å²) in [7, 11) is 1.28. The van der Waals surface area contributed by atoms with Crippen molar-refractivity contribution in [2.24, 2.45) is 0 Å². The molecule has 1 aromatic carbocycles. The average molecular weight is 260 g/mol. The molecule has 1 aromatic heterocycles. The molecule has 0 aliphatic rings. The van der Waals surface area contributed by atoms with Gasteiger partial charge in [-0.25, -0.2) is 4.79 Å². The van der Waals surface area contributed by atoms with E-state index in [1.54, 1.807) is 31.2 Å². The summed E-state index contributed by atoms with van der Waals surface area (Å²) in [5, 5.41) is 6.21. The first kappa shape index (κ1) is 12.8. The van der Waals surface area contributed by atoms with E-state index in [2.05, 4.69) is 15.2 Å². The number of benzene rings is 1. The highest BCUT2D eigenvalue weighted by molar-refractivity contribution is 6.07. The van der Waals surface area contributed by atoms with Crippen LogP contribution in [0.25, 0.3) is 0 Å². The van der Waals surface area contributed by atoms with E-state index in [4.69, 9.17) is 4.52 Å². The SMILES string of the molecule is COC(=O)c1ccccc1NC(=O)c1nocc1C.